The van der Waals surface area contributed by atoms with E-state index in [0.717, 1.165) is 0 Å². The zero-order valence-corrected chi connectivity index (χ0v) is 11.9. The second kappa shape index (κ2) is 5.88. The number of hydrogen-bond acceptors (Lipinski definition) is 3. The third-order valence-corrected chi connectivity index (χ3v) is 3.33. The number of nitrogens with one attached hydrogen (secondary N) is 1. The van der Waals surface area contributed by atoms with Gasteiger partial charge >= 0.3 is 0 Å². The monoisotopic (exact) mass is 313 g/mol. The summed E-state index contributed by atoms with van der Waals surface area (Å²) < 4.78 is 19.8. The van der Waals surface area contributed by atoms with Crippen LogP contribution in [0.1, 0.15) is 5.56 Å². The van der Waals surface area contributed by atoms with Gasteiger partial charge in [0.15, 0.2) is 11.6 Å². The SMILES string of the molecule is N#Cc1ccc(Oc2cn[nH]c2-c2cccc(Cl)c2F)cc1. The number of benzene rings is 2. The number of nitriles is 1. The smallest absolute Gasteiger partial charge is 0.173 e. The van der Waals surface area contributed by atoms with Crippen molar-refractivity contribution in [1.29, 1.82) is 5.26 Å². The highest BCUT2D eigenvalue weighted by atomic mass is 35.5. The first-order valence-corrected chi connectivity index (χ1v) is 6.72. The molecule has 3 aromatic rings. The Kier molecular flexibility index (Phi) is 3.77. The summed E-state index contributed by atoms with van der Waals surface area (Å²) in [7, 11) is 0. The van der Waals surface area contributed by atoms with Gasteiger partial charge in [-0.3, -0.25) is 5.10 Å². The number of aromatic amines is 1. The summed E-state index contributed by atoms with van der Waals surface area (Å²) in [6.07, 6.45) is 1.45. The van der Waals surface area contributed by atoms with E-state index in [-0.39, 0.29) is 10.6 Å². The average Bonchev–Trinajstić information content (AvgIpc) is 2.99. The van der Waals surface area contributed by atoms with E-state index in [1.54, 1.807) is 36.4 Å². The molecule has 0 aliphatic carbocycles. The molecule has 1 aromatic heterocycles. The Morgan fingerprint density at radius 3 is 2.68 bits per heavy atom. The lowest BCUT2D eigenvalue weighted by Gasteiger charge is -2.07. The number of nitrogens with zero attached hydrogens (tertiary/aromatic N) is 2. The maximum absolute atomic E-state index is 14.1. The minimum absolute atomic E-state index is 0.0245. The van der Waals surface area contributed by atoms with E-state index in [4.69, 9.17) is 21.6 Å². The van der Waals surface area contributed by atoms with Gasteiger partial charge in [0.05, 0.1) is 22.9 Å². The zero-order chi connectivity index (χ0) is 15.5. The predicted molar refractivity (Wildman–Crippen MR) is 80.2 cm³/mol. The fourth-order valence-electron chi connectivity index (χ4n) is 1.97. The molecule has 1 heterocycles. The van der Waals surface area contributed by atoms with E-state index in [1.165, 1.54) is 12.3 Å². The Bertz CT molecular complexity index is 853. The molecule has 6 heteroatoms. The topological polar surface area (TPSA) is 61.7 Å². The predicted octanol–water partition coefficient (Wildman–Crippen LogP) is 4.53. The van der Waals surface area contributed by atoms with Crippen LogP contribution in [0.2, 0.25) is 5.02 Å². The van der Waals surface area contributed by atoms with Gasteiger partial charge in [0, 0.05) is 5.56 Å². The standard InChI is InChI=1S/C16H9ClFN3O/c17-13-3-1-2-12(15(13)18)16-14(9-20-21-16)22-11-6-4-10(8-19)5-7-11/h1-7,9H,(H,20,21). The van der Waals surface area contributed by atoms with E-state index in [9.17, 15) is 4.39 Å². The highest BCUT2D eigenvalue weighted by Crippen LogP contribution is 2.34. The number of aromatic nitrogens is 2. The van der Waals surface area contributed by atoms with Crippen molar-refractivity contribution in [3.63, 3.8) is 0 Å². The fourth-order valence-corrected chi connectivity index (χ4v) is 2.14. The number of hydrogen-bond donors (Lipinski definition) is 1. The van der Waals surface area contributed by atoms with Crippen LogP contribution in [-0.4, -0.2) is 10.2 Å². The number of ether oxygens (including phenoxy) is 1. The number of rotatable bonds is 3. The van der Waals surface area contributed by atoms with Gasteiger partial charge in [0.2, 0.25) is 0 Å². The normalized spacial score (nSPS) is 10.2. The molecule has 0 atom stereocenters. The van der Waals surface area contributed by atoms with Crippen LogP contribution in [0.4, 0.5) is 4.39 Å². The summed E-state index contributed by atoms with van der Waals surface area (Å²) in [5, 5.41) is 15.4. The molecule has 0 aliphatic heterocycles. The molecule has 1 N–H and O–H groups in total. The Morgan fingerprint density at radius 2 is 1.95 bits per heavy atom. The molecule has 0 amide bonds. The molecule has 22 heavy (non-hydrogen) atoms. The molecule has 0 spiro atoms. The molecule has 0 fully saturated rings. The van der Waals surface area contributed by atoms with Crippen LogP contribution in [-0.2, 0) is 0 Å². The Hall–Kier alpha value is -2.84. The van der Waals surface area contributed by atoms with Gasteiger partial charge in [-0.15, -0.1) is 0 Å². The number of H-pyrrole nitrogens is 1. The molecule has 2 aromatic carbocycles. The highest BCUT2D eigenvalue weighted by molar-refractivity contribution is 6.31. The van der Waals surface area contributed by atoms with Gasteiger partial charge in [0.25, 0.3) is 0 Å². The lowest BCUT2D eigenvalue weighted by atomic mass is 10.1. The van der Waals surface area contributed by atoms with Gasteiger partial charge in [0.1, 0.15) is 11.4 Å². The van der Waals surface area contributed by atoms with Crippen LogP contribution >= 0.6 is 11.6 Å². The molecule has 0 unspecified atom stereocenters. The van der Waals surface area contributed by atoms with Crippen LogP contribution < -0.4 is 4.74 Å². The van der Waals surface area contributed by atoms with Crippen molar-refractivity contribution in [1.82, 2.24) is 10.2 Å². The summed E-state index contributed by atoms with van der Waals surface area (Å²) in [4.78, 5) is 0. The first kappa shape index (κ1) is 14.1. The van der Waals surface area contributed by atoms with Crippen LogP contribution in [0.5, 0.6) is 11.5 Å². The molecular formula is C16H9ClFN3O. The maximum atomic E-state index is 14.1. The summed E-state index contributed by atoms with van der Waals surface area (Å²) in [5.74, 6) is 0.341. The number of halogens is 2. The zero-order valence-electron chi connectivity index (χ0n) is 11.2. The molecule has 0 saturated carbocycles. The van der Waals surface area contributed by atoms with Crippen molar-refractivity contribution in [3.8, 4) is 28.8 Å². The third-order valence-electron chi connectivity index (χ3n) is 3.04. The van der Waals surface area contributed by atoms with Crippen molar-refractivity contribution in [2.75, 3.05) is 0 Å². The third kappa shape index (κ3) is 2.65. The van der Waals surface area contributed by atoms with E-state index >= 15 is 0 Å². The molecule has 3 rings (SSSR count). The minimum Gasteiger partial charge on any atom is -0.453 e. The lowest BCUT2D eigenvalue weighted by Crippen LogP contribution is -1.90. The van der Waals surface area contributed by atoms with Crippen molar-refractivity contribution >= 4 is 11.6 Å². The van der Waals surface area contributed by atoms with Crippen molar-refractivity contribution in [2.45, 2.75) is 0 Å². The second-order valence-corrected chi connectivity index (χ2v) is 4.86. The van der Waals surface area contributed by atoms with Crippen LogP contribution in [0.3, 0.4) is 0 Å². The van der Waals surface area contributed by atoms with Gasteiger partial charge in [-0.1, -0.05) is 17.7 Å². The first-order valence-electron chi connectivity index (χ1n) is 6.35. The fraction of sp³-hybridized carbons (Fsp3) is 0. The molecular weight excluding hydrogens is 305 g/mol. The van der Waals surface area contributed by atoms with E-state index in [1.807, 2.05) is 6.07 Å². The van der Waals surface area contributed by atoms with E-state index < -0.39 is 5.82 Å². The molecule has 0 aliphatic rings. The van der Waals surface area contributed by atoms with Crippen molar-refractivity contribution < 1.29 is 9.13 Å². The highest BCUT2D eigenvalue weighted by Gasteiger charge is 2.15. The quantitative estimate of drug-likeness (QED) is 0.772. The van der Waals surface area contributed by atoms with Crippen molar-refractivity contribution in [2.24, 2.45) is 0 Å². The van der Waals surface area contributed by atoms with Gasteiger partial charge in [-0.25, -0.2) is 4.39 Å². The summed E-state index contributed by atoms with van der Waals surface area (Å²) in [5.41, 5.74) is 1.19. The summed E-state index contributed by atoms with van der Waals surface area (Å²) in [6, 6.07) is 13.3. The van der Waals surface area contributed by atoms with Gasteiger partial charge in [-0.05, 0) is 36.4 Å². The first-order chi connectivity index (χ1) is 10.7. The lowest BCUT2D eigenvalue weighted by molar-refractivity contribution is 0.484. The second-order valence-electron chi connectivity index (χ2n) is 4.45. The van der Waals surface area contributed by atoms with Gasteiger partial charge in [-0.2, -0.15) is 10.4 Å². The van der Waals surface area contributed by atoms with Crippen LogP contribution in [0, 0.1) is 17.1 Å². The maximum Gasteiger partial charge on any atom is 0.173 e. The van der Waals surface area contributed by atoms with E-state index in [2.05, 4.69) is 10.2 Å². The molecule has 0 saturated heterocycles. The molecule has 108 valence electrons. The van der Waals surface area contributed by atoms with E-state index in [0.29, 0.717) is 22.8 Å². The average molecular weight is 314 g/mol. The van der Waals surface area contributed by atoms with Crippen LogP contribution in [0.15, 0.2) is 48.7 Å². The minimum atomic E-state index is -0.543. The van der Waals surface area contributed by atoms with Crippen LogP contribution in [0.25, 0.3) is 11.3 Å². The summed E-state index contributed by atoms with van der Waals surface area (Å²) >= 11 is 5.80. The van der Waals surface area contributed by atoms with Crippen molar-refractivity contribution in [3.05, 3.63) is 65.1 Å². The van der Waals surface area contributed by atoms with Gasteiger partial charge < -0.3 is 4.74 Å². The molecule has 0 bridgehead atoms. The molecule has 4 nitrogen and oxygen atoms in total. The Balaban J connectivity index is 1.95. The largest absolute Gasteiger partial charge is 0.453 e. The Labute approximate surface area is 130 Å². The summed E-state index contributed by atoms with van der Waals surface area (Å²) in [6.45, 7) is 0. The Morgan fingerprint density at radius 1 is 1.18 bits per heavy atom. The molecule has 0 radical (unpaired) electrons.